The molecule has 0 bridgehead atoms. The third kappa shape index (κ3) is 4.87. The van der Waals surface area contributed by atoms with Crippen LogP contribution in [-0.2, 0) is 0 Å². The van der Waals surface area contributed by atoms with Gasteiger partial charge in [-0.2, -0.15) is 0 Å². The lowest BCUT2D eigenvalue weighted by atomic mass is 9.96. The van der Waals surface area contributed by atoms with Gasteiger partial charge in [-0.05, 0) is 30.5 Å². The van der Waals surface area contributed by atoms with Crippen molar-refractivity contribution < 1.29 is 14.5 Å². The highest BCUT2D eigenvalue weighted by molar-refractivity contribution is 5.70. The Morgan fingerprint density at radius 1 is 1.27 bits per heavy atom. The van der Waals surface area contributed by atoms with Gasteiger partial charge in [-0.1, -0.05) is 31.4 Å². The van der Waals surface area contributed by atoms with Crippen molar-refractivity contribution in [3.05, 3.63) is 45.6 Å². The van der Waals surface area contributed by atoms with E-state index in [1.54, 1.807) is 24.3 Å². The summed E-state index contributed by atoms with van der Waals surface area (Å²) < 4.78 is 5.22. The van der Waals surface area contributed by atoms with Crippen LogP contribution >= 0.6 is 0 Å². The number of nitro groups is 1. The SMILES string of the molecule is CC(=Cc1ccc(OC(=O)NC2CCCCC2)cc1)[N+](=O)[O-]. The number of rotatable bonds is 4. The van der Waals surface area contributed by atoms with Crippen LogP contribution in [0.2, 0.25) is 0 Å². The minimum absolute atomic E-state index is 0.0590. The van der Waals surface area contributed by atoms with Crippen LogP contribution in [0.5, 0.6) is 5.75 Å². The molecule has 0 unspecified atom stereocenters. The molecule has 0 atom stereocenters. The minimum atomic E-state index is -0.448. The molecule has 1 amide bonds. The van der Waals surface area contributed by atoms with E-state index in [-0.39, 0.29) is 11.7 Å². The molecule has 0 aromatic heterocycles. The first-order chi connectivity index (χ1) is 10.5. The van der Waals surface area contributed by atoms with Gasteiger partial charge in [-0.15, -0.1) is 0 Å². The molecule has 6 heteroatoms. The third-order valence-corrected chi connectivity index (χ3v) is 3.68. The summed E-state index contributed by atoms with van der Waals surface area (Å²) in [6.45, 7) is 1.43. The second-order valence-corrected chi connectivity index (χ2v) is 5.48. The average molecular weight is 304 g/mol. The van der Waals surface area contributed by atoms with Gasteiger partial charge in [0.2, 0.25) is 5.70 Å². The second kappa shape index (κ2) is 7.59. The Labute approximate surface area is 129 Å². The van der Waals surface area contributed by atoms with Crippen LogP contribution in [0.25, 0.3) is 6.08 Å². The van der Waals surface area contributed by atoms with Crippen molar-refractivity contribution in [3.63, 3.8) is 0 Å². The summed E-state index contributed by atoms with van der Waals surface area (Å²) in [5, 5.41) is 13.4. The lowest BCUT2D eigenvalue weighted by molar-refractivity contribution is -0.422. The van der Waals surface area contributed by atoms with Gasteiger partial charge in [-0.3, -0.25) is 10.1 Å². The van der Waals surface area contributed by atoms with Crippen molar-refractivity contribution >= 4 is 12.2 Å². The van der Waals surface area contributed by atoms with Crippen LogP contribution < -0.4 is 10.1 Å². The van der Waals surface area contributed by atoms with Crippen LogP contribution in [0.4, 0.5) is 4.79 Å². The molecular weight excluding hydrogens is 284 g/mol. The lowest BCUT2D eigenvalue weighted by Crippen LogP contribution is -2.37. The molecule has 22 heavy (non-hydrogen) atoms. The van der Waals surface area contributed by atoms with Crippen molar-refractivity contribution in [2.24, 2.45) is 0 Å². The molecule has 6 nitrogen and oxygen atoms in total. The first-order valence-electron chi connectivity index (χ1n) is 7.46. The predicted octanol–water partition coefficient (Wildman–Crippen LogP) is 3.75. The number of nitrogens with zero attached hydrogens (tertiary/aromatic N) is 1. The van der Waals surface area contributed by atoms with Gasteiger partial charge in [0.05, 0.1) is 4.92 Å². The van der Waals surface area contributed by atoms with Gasteiger partial charge in [-0.25, -0.2) is 4.79 Å². The monoisotopic (exact) mass is 304 g/mol. The first kappa shape index (κ1) is 16.0. The van der Waals surface area contributed by atoms with Gasteiger partial charge >= 0.3 is 6.09 Å². The van der Waals surface area contributed by atoms with E-state index in [0.29, 0.717) is 11.3 Å². The van der Waals surface area contributed by atoms with E-state index in [1.807, 2.05) is 0 Å². The molecule has 1 N–H and O–H groups in total. The van der Waals surface area contributed by atoms with Gasteiger partial charge in [0.25, 0.3) is 0 Å². The number of hydrogen-bond acceptors (Lipinski definition) is 4. The summed E-state index contributed by atoms with van der Waals surface area (Å²) in [6.07, 6.45) is 6.52. The Hall–Kier alpha value is -2.37. The molecule has 1 aromatic carbocycles. The van der Waals surface area contributed by atoms with Crippen molar-refractivity contribution in [2.45, 2.75) is 45.1 Å². The summed E-state index contributed by atoms with van der Waals surface area (Å²) >= 11 is 0. The highest BCUT2D eigenvalue weighted by Gasteiger charge is 2.16. The summed E-state index contributed by atoms with van der Waals surface area (Å²) in [4.78, 5) is 21.9. The zero-order valence-corrected chi connectivity index (χ0v) is 12.6. The number of benzene rings is 1. The Balaban J connectivity index is 1.89. The van der Waals surface area contributed by atoms with Gasteiger partial charge < -0.3 is 10.1 Å². The Morgan fingerprint density at radius 2 is 1.91 bits per heavy atom. The van der Waals surface area contributed by atoms with Gasteiger partial charge in [0, 0.05) is 19.0 Å². The van der Waals surface area contributed by atoms with E-state index in [2.05, 4.69) is 5.32 Å². The van der Waals surface area contributed by atoms with E-state index < -0.39 is 11.0 Å². The molecule has 2 rings (SSSR count). The standard InChI is InChI=1S/C16H20N2O4/c1-12(18(20)21)11-13-7-9-15(10-8-13)22-16(19)17-14-5-3-2-4-6-14/h7-11,14H,2-6H2,1H3,(H,17,19). The highest BCUT2D eigenvalue weighted by atomic mass is 16.6. The molecule has 1 aliphatic rings. The molecule has 0 heterocycles. The maximum absolute atomic E-state index is 11.8. The normalized spacial score (nSPS) is 16.1. The number of nitrogens with one attached hydrogen (secondary N) is 1. The molecule has 0 radical (unpaired) electrons. The zero-order valence-electron chi connectivity index (χ0n) is 12.6. The van der Waals surface area contributed by atoms with Crippen LogP contribution in [0.1, 0.15) is 44.6 Å². The van der Waals surface area contributed by atoms with E-state index >= 15 is 0 Å². The smallest absolute Gasteiger partial charge is 0.410 e. The van der Waals surface area contributed by atoms with Gasteiger partial charge in [0.15, 0.2) is 0 Å². The summed E-state index contributed by atoms with van der Waals surface area (Å²) in [7, 11) is 0. The number of carbonyl (C=O) groups is 1. The van der Waals surface area contributed by atoms with Crippen LogP contribution in [-0.4, -0.2) is 17.1 Å². The van der Waals surface area contributed by atoms with Crippen LogP contribution in [0, 0.1) is 10.1 Å². The highest BCUT2D eigenvalue weighted by Crippen LogP contribution is 2.18. The molecule has 1 saturated carbocycles. The number of ether oxygens (including phenoxy) is 1. The molecule has 0 spiro atoms. The zero-order chi connectivity index (χ0) is 15.9. The van der Waals surface area contributed by atoms with E-state index in [0.717, 1.165) is 25.7 Å². The van der Waals surface area contributed by atoms with Crippen molar-refractivity contribution in [2.75, 3.05) is 0 Å². The van der Waals surface area contributed by atoms with Crippen molar-refractivity contribution in [1.82, 2.24) is 5.32 Å². The molecule has 0 aliphatic heterocycles. The summed E-state index contributed by atoms with van der Waals surface area (Å²) in [5.74, 6) is 0.421. The molecular formula is C16H20N2O4. The van der Waals surface area contributed by atoms with Crippen molar-refractivity contribution in [3.8, 4) is 5.75 Å². The number of allylic oxidation sites excluding steroid dienone is 1. The Bertz CT molecular complexity index is 560. The molecule has 118 valence electrons. The quantitative estimate of drug-likeness (QED) is 0.678. The summed E-state index contributed by atoms with van der Waals surface area (Å²) in [5.41, 5.74) is 0.748. The second-order valence-electron chi connectivity index (χ2n) is 5.48. The molecule has 0 saturated heterocycles. The topological polar surface area (TPSA) is 81.5 Å². The van der Waals surface area contributed by atoms with Crippen molar-refractivity contribution in [1.29, 1.82) is 0 Å². The molecule has 1 aromatic rings. The predicted molar refractivity (Wildman–Crippen MR) is 83.1 cm³/mol. The number of amides is 1. The summed E-state index contributed by atoms with van der Waals surface area (Å²) in [6, 6.07) is 6.80. The Morgan fingerprint density at radius 3 is 2.50 bits per heavy atom. The van der Waals surface area contributed by atoms with E-state index in [1.165, 1.54) is 19.4 Å². The average Bonchev–Trinajstić information content (AvgIpc) is 2.50. The molecule has 1 fully saturated rings. The third-order valence-electron chi connectivity index (χ3n) is 3.68. The fraction of sp³-hybridized carbons (Fsp3) is 0.438. The number of carbonyl (C=O) groups excluding carboxylic acids is 1. The van der Waals surface area contributed by atoms with Gasteiger partial charge in [0.1, 0.15) is 5.75 Å². The fourth-order valence-electron chi connectivity index (χ4n) is 2.48. The number of hydrogen-bond donors (Lipinski definition) is 1. The Kier molecular flexibility index (Phi) is 5.52. The maximum atomic E-state index is 11.8. The maximum Gasteiger partial charge on any atom is 0.412 e. The lowest BCUT2D eigenvalue weighted by Gasteiger charge is -2.22. The van der Waals surface area contributed by atoms with E-state index in [9.17, 15) is 14.9 Å². The minimum Gasteiger partial charge on any atom is -0.410 e. The largest absolute Gasteiger partial charge is 0.412 e. The first-order valence-corrected chi connectivity index (χ1v) is 7.46. The van der Waals surface area contributed by atoms with E-state index in [4.69, 9.17) is 4.74 Å². The van der Waals surface area contributed by atoms with Crippen LogP contribution in [0.3, 0.4) is 0 Å². The molecule has 1 aliphatic carbocycles. The van der Waals surface area contributed by atoms with Crippen LogP contribution in [0.15, 0.2) is 30.0 Å². The fourth-order valence-corrected chi connectivity index (χ4v) is 2.48.